The van der Waals surface area contributed by atoms with Crippen LogP contribution in [0.3, 0.4) is 0 Å². The van der Waals surface area contributed by atoms with E-state index >= 15 is 0 Å². The average Bonchev–Trinajstić information content (AvgIpc) is 2.75. The highest BCUT2D eigenvalue weighted by molar-refractivity contribution is 7.99. The third kappa shape index (κ3) is 8.02. The highest BCUT2D eigenvalue weighted by atomic mass is 32.2. The summed E-state index contributed by atoms with van der Waals surface area (Å²) in [5, 5.41) is 0. The van der Waals surface area contributed by atoms with Crippen molar-refractivity contribution < 1.29 is 9.59 Å². The Morgan fingerprint density at radius 1 is 1.11 bits per heavy atom. The molecule has 192 valence electrons. The van der Waals surface area contributed by atoms with Crippen LogP contribution in [-0.4, -0.2) is 52.2 Å². The zero-order valence-electron chi connectivity index (χ0n) is 21.5. The van der Waals surface area contributed by atoms with E-state index in [9.17, 15) is 19.2 Å². The van der Waals surface area contributed by atoms with Gasteiger partial charge in [-0.15, -0.1) is 11.8 Å². The quantitative estimate of drug-likeness (QED) is 0.486. The molecule has 0 bridgehead atoms. The first-order valence-electron chi connectivity index (χ1n) is 11.7. The molecule has 0 spiro atoms. The number of nitrogens with zero attached hydrogens (tertiary/aromatic N) is 3. The van der Waals surface area contributed by atoms with Gasteiger partial charge in [0.2, 0.25) is 11.8 Å². The van der Waals surface area contributed by atoms with Crippen molar-refractivity contribution in [3.8, 4) is 0 Å². The second-order valence-electron chi connectivity index (χ2n) is 9.63. The smallest absolute Gasteiger partial charge is 0.330 e. The molecule has 0 radical (unpaired) electrons. The van der Waals surface area contributed by atoms with E-state index in [1.165, 1.54) is 26.1 Å². The summed E-state index contributed by atoms with van der Waals surface area (Å²) in [6.45, 7) is 9.99. The predicted octanol–water partition coefficient (Wildman–Crippen LogP) is 2.46. The Balaban J connectivity index is 2.17. The number of thioether (sulfide) groups is 1. The molecule has 0 fully saturated rings. The summed E-state index contributed by atoms with van der Waals surface area (Å²) in [4.78, 5) is 55.9. The number of aryl methyl sites for hydroxylation is 1. The number of aromatic amines is 1. The molecule has 1 heterocycles. The molecule has 35 heavy (non-hydrogen) atoms. The van der Waals surface area contributed by atoms with Crippen LogP contribution < -0.4 is 21.9 Å². The fourth-order valence-electron chi connectivity index (χ4n) is 3.61. The van der Waals surface area contributed by atoms with Crippen LogP contribution in [0.4, 0.5) is 11.5 Å². The first-order chi connectivity index (χ1) is 16.4. The molecule has 0 unspecified atom stereocenters. The number of hydrogen-bond donors (Lipinski definition) is 2. The van der Waals surface area contributed by atoms with Crippen molar-refractivity contribution in [2.75, 3.05) is 36.5 Å². The standard InChI is InChI=1S/C25H37N5O4S/c1-16(2)11-29(22-23(26)30(12-17(3)4)25(34)27-24(22)33)20(31)13-28(6)21(32)15-35-14-19-9-7-8-18(5)10-19/h7-10,16-17H,11-15,26H2,1-6H3,(H,27,33,34). The number of benzene rings is 1. The number of nitrogens with two attached hydrogens (primary N) is 1. The van der Waals surface area contributed by atoms with Crippen LogP contribution in [0.25, 0.3) is 0 Å². The number of aromatic nitrogens is 2. The number of carbonyl (C=O) groups excluding carboxylic acids is 2. The first-order valence-corrected chi connectivity index (χ1v) is 12.9. The van der Waals surface area contributed by atoms with E-state index in [1.807, 2.05) is 52.8 Å². The lowest BCUT2D eigenvalue weighted by Gasteiger charge is -2.28. The molecular weight excluding hydrogens is 466 g/mol. The Bertz CT molecular complexity index is 1160. The minimum atomic E-state index is -0.718. The molecule has 2 rings (SSSR count). The second-order valence-corrected chi connectivity index (χ2v) is 10.6. The summed E-state index contributed by atoms with van der Waals surface area (Å²) >= 11 is 1.48. The fourth-order valence-corrected chi connectivity index (χ4v) is 4.52. The molecule has 1 aromatic carbocycles. The number of carbonyl (C=O) groups is 2. The summed E-state index contributed by atoms with van der Waals surface area (Å²) in [7, 11) is 1.56. The van der Waals surface area contributed by atoms with Crippen molar-refractivity contribution in [1.29, 1.82) is 0 Å². The predicted molar refractivity (Wildman–Crippen MR) is 143 cm³/mol. The number of nitrogens with one attached hydrogen (secondary N) is 1. The summed E-state index contributed by atoms with van der Waals surface area (Å²) in [6.07, 6.45) is 0. The lowest BCUT2D eigenvalue weighted by molar-refractivity contribution is -0.131. The van der Waals surface area contributed by atoms with Crippen molar-refractivity contribution in [2.24, 2.45) is 11.8 Å². The van der Waals surface area contributed by atoms with Gasteiger partial charge in [0, 0.05) is 25.9 Å². The number of amides is 2. The molecule has 9 nitrogen and oxygen atoms in total. The molecule has 0 atom stereocenters. The van der Waals surface area contributed by atoms with Gasteiger partial charge in [0.1, 0.15) is 5.82 Å². The number of hydrogen-bond acceptors (Lipinski definition) is 6. The van der Waals surface area contributed by atoms with Crippen molar-refractivity contribution in [3.05, 3.63) is 56.2 Å². The molecule has 2 aromatic rings. The Labute approximate surface area is 210 Å². The van der Waals surface area contributed by atoms with Crippen LogP contribution in [0.2, 0.25) is 0 Å². The Morgan fingerprint density at radius 2 is 1.80 bits per heavy atom. The van der Waals surface area contributed by atoms with E-state index in [0.717, 1.165) is 11.1 Å². The lowest BCUT2D eigenvalue weighted by atomic mass is 10.2. The minimum Gasteiger partial charge on any atom is -0.383 e. The van der Waals surface area contributed by atoms with Gasteiger partial charge in [-0.3, -0.25) is 23.9 Å². The average molecular weight is 504 g/mol. The summed E-state index contributed by atoms with van der Waals surface area (Å²) in [6, 6.07) is 8.10. The second kappa shape index (κ2) is 12.6. The highest BCUT2D eigenvalue weighted by Crippen LogP contribution is 2.20. The van der Waals surface area contributed by atoms with Crippen LogP contribution in [0.15, 0.2) is 33.9 Å². The summed E-state index contributed by atoms with van der Waals surface area (Å²) < 4.78 is 1.28. The highest BCUT2D eigenvalue weighted by Gasteiger charge is 2.27. The van der Waals surface area contributed by atoms with E-state index in [2.05, 4.69) is 11.1 Å². The van der Waals surface area contributed by atoms with Gasteiger partial charge >= 0.3 is 5.69 Å². The van der Waals surface area contributed by atoms with Gasteiger partial charge in [0.15, 0.2) is 5.69 Å². The Hall–Kier alpha value is -3.01. The molecular formula is C25H37N5O4S. The maximum atomic E-state index is 13.3. The van der Waals surface area contributed by atoms with Crippen molar-refractivity contribution in [1.82, 2.24) is 14.5 Å². The number of H-pyrrole nitrogens is 1. The zero-order valence-corrected chi connectivity index (χ0v) is 22.3. The van der Waals surface area contributed by atoms with Gasteiger partial charge in [0.05, 0.1) is 12.3 Å². The third-order valence-corrected chi connectivity index (χ3v) is 6.24. The fraction of sp³-hybridized carbons (Fsp3) is 0.520. The molecule has 0 aliphatic carbocycles. The third-order valence-electron chi connectivity index (χ3n) is 5.26. The molecule has 3 N–H and O–H groups in total. The molecule has 0 aliphatic heterocycles. The van der Waals surface area contributed by atoms with Crippen LogP contribution in [0.5, 0.6) is 0 Å². The number of likely N-dealkylation sites (N-methyl/N-ethyl adjacent to an activating group) is 1. The molecule has 1 aromatic heterocycles. The molecule has 0 aliphatic rings. The topological polar surface area (TPSA) is 121 Å². The maximum absolute atomic E-state index is 13.3. The largest absolute Gasteiger partial charge is 0.383 e. The van der Waals surface area contributed by atoms with Gasteiger partial charge < -0.3 is 15.5 Å². The molecule has 2 amide bonds. The molecule has 0 saturated heterocycles. The van der Waals surface area contributed by atoms with Crippen LogP contribution in [-0.2, 0) is 21.9 Å². The first kappa shape index (κ1) is 28.2. The number of rotatable bonds is 11. The van der Waals surface area contributed by atoms with Gasteiger partial charge in [0.25, 0.3) is 5.56 Å². The van der Waals surface area contributed by atoms with Gasteiger partial charge in [-0.1, -0.05) is 57.5 Å². The van der Waals surface area contributed by atoms with Crippen molar-refractivity contribution >= 4 is 35.1 Å². The Morgan fingerprint density at radius 3 is 2.40 bits per heavy atom. The van der Waals surface area contributed by atoms with E-state index in [1.54, 1.807) is 7.05 Å². The lowest BCUT2D eigenvalue weighted by Crippen LogP contribution is -2.47. The maximum Gasteiger partial charge on any atom is 0.330 e. The zero-order chi connectivity index (χ0) is 26.3. The molecule has 0 saturated carbocycles. The van der Waals surface area contributed by atoms with E-state index in [-0.39, 0.29) is 48.1 Å². The van der Waals surface area contributed by atoms with E-state index < -0.39 is 17.2 Å². The molecule has 10 heteroatoms. The SMILES string of the molecule is Cc1cccc(CSCC(=O)N(C)CC(=O)N(CC(C)C)c2c(N)n(CC(C)C)c(=O)[nH]c2=O)c1. The van der Waals surface area contributed by atoms with Crippen LogP contribution in [0, 0.1) is 18.8 Å². The van der Waals surface area contributed by atoms with Gasteiger partial charge in [-0.2, -0.15) is 0 Å². The summed E-state index contributed by atoms with van der Waals surface area (Å²) in [5.74, 6) is 0.363. The van der Waals surface area contributed by atoms with Gasteiger partial charge in [-0.25, -0.2) is 4.79 Å². The van der Waals surface area contributed by atoms with Crippen LogP contribution >= 0.6 is 11.8 Å². The summed E-state index contributed by atoms with van der Waals surface area (Å²) in [5.41, 5.74) is 7.15. The minimum absolute atomic E-state index is 0.0223. The van der Waals surface area contributed by atoms with Gasteiger partial charge in [-0.05, 0) is 24.3 Å². The number of anilines is 2. The van der Waals surface area contributed by atoms with E-state index in [0.29, 0.717) is 12.3 Å². The van der Waals surface area contributed by atoms with Crippen molar-refractivity contribution in [3.63, 3.8) is 0 Å². The number of nitrogen functional groups attached to an aromatic ring is 1. The Kier molecular flexibility index (Phi) is 10.2. The van der Waals surface area contributed by atoms with Crippen LogP contribution in [0.1, 0.15) is 38.8 Å². The normalized spacial score (nSPS) is 11.2. The monoisotopic (exact) mass is 503 g/mol. The van der Waals surface area contributed by atoms with Crippen molar-refractivity contribution in [2.45, 2.75) is 46.9 Å². The van der Waals surface area contributed by atoms with E-state index in [4.69, 9.17) is 5.73 Å².